The molecule has 0 fully saturated rings. The lowest BCUT2D eigenvalue weighted by Crippen LogP contribution is -2.39. The van der Waals surface area contributed by atoms with Crippen LogP contribution in [-0.2, 0) is 9.53 Å². The molecule has 0 amide bonds. The van der Waals surface area contributed by atoms with Gasteiger partial charge in [0.2, 0.25) is 0 Å². The van der Waals surface area contributed by atoms with Crippen LogP contribution in [0.4, 0.5) is 18.9 Å². The number of aromatic nitrogens is 1. The Bertz CT molecular complexity index is 889. The summed E-state index contributed by atoms with van der Waals surface area (Å²) in [5.74, 6) is -3.72. The quantitative estimate of drug-likeness (QED) is 0.659. The van der Waals surface area contributed by atoms with Crippen molar-refractivity contribution >= 4 is 17.6 Å². The second-order valence-corrected chi connectivity index (χ2v) is 4.77. The van der Waals surface area contributed by atoms with Crippen LogP contribution in [0.1, 0.15) is 10.4 Å². The molecule has 0 saturated heterocycles. The largest absolute Gasteiger partial charge is 0.493 e. The van der Waals surface area contributed by atoms with Crippen LogP contribution in [0.2, 0.25) is 0 Å². The van der Waals surface area contributed by atoms with Gasteiger partial charge in [0.15, 0.2) is 0 Å². The van der Waals surface area contributed by atoms with Crippen LogP contribution >= 0.6 is 0 Å². The van der Waals surface area contributed by atoms with Gasteiger partial charge < -0.3 is 15.3 Å². The summed E-state index contributed by atoms with van der Waals surface area (Å²) in [6.45, 7) is 0. The third-order valence-corrected chi connectivity index (χ3v) is 3.02. The number of rotatable bonds is 3. The summed E-state index contributed by atoms with van der Waals surface area (Å²) in [5.41, 5.74) is 4.56. The first kappa shape index (κ1) is 18.0. The molecular formula is C15H11F3N2O5. The van der Waals surface area contributed by atoms with E-state index in [-0.39, 0.29) is 10.3 Å². The number of nitrogen functional groups attached to an aromatic ring is 1. The number of benzene rings is 1. The zero-order valence-electron chi connectivity index (χ0n) is 12.7. The maximum atomic E-state index is 12.4. The summed E-state index contributed by atoms with van der Waals surface area (Å²) in [6.07, 6.45) is -4.48. The van der Waals surface area contributed by atoms with Crippen molar-refractivity contribution in [1.29, 1.82) is 0 Å². The molecule has 25 heavy (non-hydrogen) atoms. The Labute approximate surface area is 138 Å². The molecule has 0 aliphatic heterocycles. The molecule has 10 heteroatoms. The normalized spacial score (nSPS) is 11.0. The number of nitrogens with zero attached hydrogens (tertiary/aromatic N) is 1. The van der Waals surface area contributed by atoms with Gasteiger partial charge in [-0.15, -0.1) is 4.73 Å². The second kappa shape index (κ2) is 6.67. The number of pyridine rings is 1. The Kier molecular flexibility index (Phi) is 4.82. The summed E-state index contributed by atoms with van der Waals surface area (Å²) in [7, 11) is 0.987. The van der Waals surface area contributed by atoms with Crippen LogP contribution in [0.25, 0.3) is 11.1 Å². The lowest BCUT2D eigenvalue weighted by molar-refractivity contribution is -0.200. The Morgan fingerprint density at radius 2 is 1.84 bits per heavy atom. The molecule has 1 heterocycles. The first-order chi connectivity index (χ1) is 11.6. The molecule has 0 unspecified atom stereocenters. The fourth-order valence-corrected chi connectivity index (χ4v) is 1.90. The highest BCUT2D eigenvalue weighted by Gasteiger charge is 2.42. The summed E-state index contributed by atoms with van der Waals surface area (Å²) in [6, 6.07) is 7.20. The number of halogens is 3. The lowest BCUT2D eigenvalue weighted by atomic mass is 10.1. The number of methoxy groups -OCH3 is 1. The van der Waals surface area contributed by atoms with Crippen molar-refractivity contribution in [1.82, 2.24) is 4.73 Å². The molecule has 7 nitrogen and oxygen atoms in total. The molecule has 0 saturated carbocycles. The average molecular weight is 356 g/mol. The van der Waals surface area contributed by atoms with E-state index in [4.69, 9.17) is 5.73 Å². The minimum atomic E-state index is -5.32. The number of hydrogen-bond acceptors (Lipinski definition) is 6. The monoisotopic (exact) mass is 356 g/mol. The molecule has 0 radical (unpaired) electrons. The molecule has 0 aliphatic rings. The van der Waals surface area contributed by atoms with E-state index in [0.29, 0.717) is 11.3 Å². The highest BCUT2D eigenvalue weighted by Crippen LogP contribution is 2.22. The topological polar surface area (TPSA) is 101 Å². The first-order valence-corrected chi connectivity index (χ1v) is 6.64. The summed E-state index contributed by atoms with van der Waals surface area (Å²) >= 11 is 0. The molecule has 0 atom stereocenters. The van der Waals surface area contributed by atoms with E-state index in [1.54, 1.807) is 12.1 Å². The molecule has 2 N–H and O–H groups in total. The molecule has 0 spiro atoms. The van der Waals surface area contributed by atoms with E-state index in [1.165, 1.54) is 12.1 Å². The predicted octanol–water partition coefficient (Wildman–Crippen LogP) is 1.40. The zero-order valence-corrected chi connectivity index (χ0v) is 12.7. The van der Waals surface area contributed by atoms with Gasteiger partial charge in [-0.1, -0.05) is 12.1 Å². The van der Waals surface area contributed by atoms with Crippen molar-refractivity contribution < 1.29 is 32.3 Å². The Morgan fingerprint density at radius 1 is 1.16 bits per heavy atom. The Balaban J connectivity index is 2.62. The average Bonchev–Trinajstić information content (AvgIpc) is 2.55. The standard InChI is InChI=1S/C15H11F3N2O5/c1-24-13(22)11-6-9(8-3-2-4-10(19)5-8)7-20(12(11)21)25-14(23)15(16,17)18/h2-7H,19H2,1H3. The number of carbonyl (C=O) groups excluding carboxylic acids is 2. The van der Waals surface area contributed by atoms with Crippen molar-refractivity contribution in [3.8, 4) is 11.1 Å². The van der Waals surface area contributed by atoms with E-state index in [0.717, 1.165) is 19.4 Å². The number of ether oxygens (including phenoxy) is 1. The fraction of sp³-hybridized carbons (Fsp3) is 0.133. The van der Waals surface area contributed by atoms with Crippen LogP contribution in [0.15, 0.2) is 41.3 Å². The molecule has 2 rings (SSSR count). The smallest absolute Gasteiger partial charge is 0.465 e. The third kappa shape index (κ3) is 3.97. The molecule has 1 aromatic carbocycles. The minimum absolute atomic E-state index is 0.0284. The van der Waals surface area contributed by atoms with Crippen molar-refractivity contribution in [2.45, 2.75) is 6.18 Å². The number of esters is 1. The molecule has 132 valence electrons. The van der Waals surface area contributed by atoms with Crippen molar-refractivity contribution in [3.05, 3.63) is 52.4 Å². The number of nitrogens with two attached hydrogens (primary N) is 1. The predicted molar refractivity (Wildman–Crippen MR) is 79.5 cm³/mol. The highest BCUT2D eigenvalue weighted by molar-refractivity contribution is 5.90. The van der Waals surface area contributed by atoms with Crippen LogP contribution in [0, 0.1) is 0 Å². The van der Waals surface area contributed by atoms with Gasteiger partial charge >= 0.3 is 18.1 Å². The van der Waals surface area contributed by atoms with Gasteiger partial charge in [0.1, 0.15) is 5.56 Å². The van der Waals surface area contributed by atoms with Crippen LogP contribution < -0.4 is 16.1 Å². The molecule has 1 aromatic heterocycles. The maximum Gasteiger partial charge on any atom is 0.493 e. The van der Waals surface area contributed by atoms with Crippen LogP contribution in [-0.4, -0.2) is 30.0 Å². The van der Waals surface area contributed by atoms with Gasteiger partial charge in [-0.25, -0.2) is 9.59 Å². The Hall–Kier alpha value is -3.30. The van der Waals surface area contributed by atoms with Crippen molar-refractivity contribution in [3.63, 3.8) is 0 Å². The van der Waals surface area contributed by atoms with E-state index in [9.17, 15) is 27.6 Å². The van der Waals surface area contributed by atoms with Gasteiger partial charge in [-0.05, 0) is 23.8 Å². The number of carbonyl (C=O) groups is 2. The second-order valence-electron chi connectivity index (χ2n) is 4.77. The summed E-state index contributed by atoms with van der Waals surface area (Å²) in [5, 5.41) is 0. The van der Waals surface area contributed by atoms with Gasteiger partial charge in [-0.2, -0.15) is 13.2 Å². The van der Waals surface area contributed by atoms with Crippen LogP contribution in [0.3, 0.4) is 0 Å². The fourth-order valence-electron chi connectivity index (χ4n) is 1.90. The Morgan fingerprint density at radius 3 is 2.40 bits per heavy atom. The van der Waals surface area contributed by atoms with Gasteiger partial charge in [0, 0.05) is 11.3 Å². The first-order valence-electron chi connectivity index (χ1n) is 6.64. The highest BCUT2D eigenvalue weighted by atomic mass is 19.4. The number of hydrogen-bond donors (Lipinski definition) is 1. The van der Waals surface area contributed by atoms with Gasteiger partial charge in [0.05, 0.1) is 13.3 Å². The third-order valence-electron chi connectivity index (χ3n) is 3.02. The van der Waals surface area contributed by atoms with Crippen molar-refractivity contribution in [2.24, 2.45) is 0 Å². The van der Waals surface area contributed by atoms with E-state index < -0.39 is 29.2 Å². The number of alkyl halides is 3. The lowest BCUT2D eigenvalue weighted by Gasteiger charge is -2.12. The summed E-state index contributed by atoms with van der Waals surface area (Å²) < 4.78 is 41.6. The molecule has 2 aromatic rings. The number of anilines is 1. The molecule has 0 bridgehead atoms. The zero-order chi connectivity index (χ0) is 18.8. The van der Waals surface area contributed by atoms with E-state index in [1.807, 2.05) is 0 Å². The summed E-state index contributed by atoms with van der Waals surface area (Å²) in [4.78, 5) is 38.8. The minimum Gasteiger partial charge on any atom is -0.465 e. The van der Waals surface area contributed by atoms with Gasteiger partial charge in [-0.3, -0.25) is 4.79 Å². The van der Waals surface area contributed by atoms with Crippen LogP contribution in [0.5, 0.6) is 0 Å². The SMILES string of the molecule is COC(=O)c1cc(-c2cccc(N)c2)cn(OC(=O)C(F)(F)F)c1=O. The molecular weight excluding hydrogens is 345 g/mol. The van der Waals surface area contributed by atoms with Crippen molar-refractivity contribution in [2.75, 3.05) is 12.8 Å². The molecule has 0 aliphatic carbocycles. The maximum absolute atomic E-state index is 12.4. The van der Waals surface area contributed by atoms with E-state index >= 15 is 0 Å². The van der Waals surface area contributed by atoms with Gasteiger partial charge in [0.25, 0.3) is 5.56 Å². The van der Waals surface area contributed by atoms with E-state index in [2.05, 4.69) is 9.57 Å².